The summed E-state index contributed by atoms with van der Waals surface area (Å²) in [6, 6.07) is 22.5. The van der Waals surface area contributed by atoms with E-state index in [1.807, 2.05) is 37.3 Å². The number of allylic oxidation sites excluding steroid dienone is 1. The maximum Gasteiger partial charge on any atom is 0.269 e. The smallest absolute Gasteiger partial charge is 0.258 e. The quantitative estimate of drug-likeness (QED) is 0.115. The monoisotopic (exact) mass is 485 g/mol. The Hall–Kier alpha value is -3.91. The average molecular weight is 486 g/mol. The lowest BCUT2D eigenvalue weighted by Crippen LogP contribution is -2.05. The summed E-state index contributed by atoms with van der Waals surface area (Å²) >= 11 is 0. The molecule has 35 heavy (non-hydrogen) atoms. The highest BCUT2D eigenvalue weighted by atomic mass is 32.2. The second kappa shape index (κ2) is 12.0. The fourth-order valence-corrected chi connectivity index (χ4v) is 4.90. The molecule has 3 aromatic rings. The Morgan fingerprint density at radius 2 is 1.57 bits per heavy atom. The van der Waals surface area contributed by atoms with E-state index in [0.29, 0.717) is 30.4 Å². The molecule has 0 saturated heterocycles. The van der Waals surface area contributed by atoms with Gasteiger partial charge < -0.3 is 0 Å². The lowest BCUT2D eigenvalue weighted by molar-refractivity contribution is -0.384. The molecule has 6 heteroatoms. The van der Waals surface area contributed by atoms with Gasteiger partial charge >= 0.3 is 0 Å². The van der Waals surface area contributed by atoms with Crippen LogP contribution in [0.4, 0.5) is 5.69 Å². The number of nitrogens with zero attached hydrogens (tertiary/aromatic N) is 1. The summed E-state index contributed by atoms with van der Waals surface area (Å²) < 4.78 is 26.9. The van der Waals surface area contributed by atoms with Crippen molar-refractivity contribution in [2.45, 2.75) is 44.4 Å². The molecule has 0 atom stereocenters. The zero-order valence-electron chi connectivity index (χ0n) is 19.8. The first-order valence-corrected chi connectivity index (χ1v) is 12.8. The summed E-state index contributed by atoms with van der Waals surface area (Å²) in [5.41, 5.74) is 6.29. The van der Waals surface area contributed by atoms with Gasteiger partial charge in [-0.05, 0) is 80.6 Å². The highest BCUT2D eigenvalue weighted by Gasteiger charge is 2.20. The van der Waals surface area contributed by atoms with Gasteiger partial charge in [0.15, 0.2) is 0 Å². The minimum atomic E-state index is -3.74. The third kappa shape index (κ3) is 7.28. The summed E-state index contributed by atoms with van der Waals surface area (Å²) in [7, 11) is -3.74. The van der Waals surface area contributed by atoms with Crippen LogP contribution in [0.15, 0.2) is 94.4 Å². The Bertz CT molecular complexity index is 1400. The van der Waals surface area contributed by atoms with Crippen molar-refractivity contribution in [3.05, 3.63) is 116 Å². The highest BCUT2D eigenvalue weighted by molar-refractivity contribution is 7.95. The molecule has 0 aliphatic heterocycles. The van der Waals surface area contributed by atoms with Crippen LogP contribution in [0.1, 0.15) is 49.3 Å². The Labute approximate surface area is 206 Å². The number of sulfone groups is 1. The summed E-state index contributed by atoms with van der Waals surface area (Å²) in [4.78, 5) is 10.9. The molecule has 0 aliphatic carbocycles. The molecule has 3 aromatic carbocycles. The predicted molar refractivity (Wildman–Crippen MR) is 139 cm³/mol. The van der Waals surface area contributed by atoms with E-state index in [4.69, 9.17) is 0 Å². The number of hydrogen-bond donors (Lipinski definition) is 0. The molecule has 5 nitrogen and oxygen atoms in total. The lowest BCUT2D eigenvalue weighted by Gasteiger charge is -2.08. The molecule has 0 heterocycles. The summed E-state index contributed by atoms with van der Waals surface area (Å²) in [6.07, 6.45) is 2.39. The first kappa shape index (κ1) is 25.7. The van der Waals surface area contributed by atoms with Crippen molar-refractivity contribution in [1.29, 1.82) is 0 Å². The minimum absolute atomic E-state index is 0.0188. The van der Waals surface area contributed by atoms with Crippen LogP contribution in [0, 0.1) is 28.9 Å². The fourth-order valence-electron chi connectivity index (χ4n) is 3.42. The van der Waals surface area contributed by atoms with Gasteiger partial charge in [0.1, 0.15) is 0 Å². The molecule has 0 radical (unpaired) electrons. The van der Waals surface area contributed by atoms with Crippen LogP contribution >= 0.6 is 0 Å². The standard InChI is InChI=1S/C29H27NO4S/c1-23-14-20-28(21-15-23)35(33,34)29(13-9-4-3-6-10-25-11-7-5-8-12-25)22-24(2)26-16-18-27(19-17-26)30(31)32/h5,7-8,11-12,14-21H,3-4,9,13H2,1-2H3. The molecule has 3 rings (SSSR count). The number of benzene rings is 3. The van der Waals surface area contributed by atoms with E-state index >= 15 is 0 Å². The number of nitro groups is 1. The van der Waals surface area contributed by atoms with Crippen molar-refractivity contribution >= 4 is 21.1 Å². The first-order chi connectivity index (χ1) is 16.8. The van der Waals surface area contributed by atoms with E-state index < -0.39 is 14.8 Å². The Kier molecular flexibility index (Phi) is 8.80. The minimum Gasteiger partial charge on any atom is -0.258 e. The highest BCUT2D eigenvalue weighted by Crippen LogP contribution is 2.26. The molecule has 0 spiro atoms. The molecule has 0 fully saturated rings. The molecular formula is C29H27NO4S. The number of rotatable bonds is 8. The molecular weight excluding hydrogens is 458 g/mol. The van der Waals surface area contributed by atoms with E-state index in [9.17, 15) is 18.5 Å². The molecule has 178 valence electrons. The van der Waals surface area contributed by atoms with Gasteiger partial charge in [0.25, 0.3) is 5.69 Å². The maximum absolute atomic E-state index is 13.4. The number of non-ortho nitro benzene ring substituents is 1. The number of aryl methyl sites for hydroxylation is 1. The first-order valence-electron chi connectivity index (χ1n) is 11.3. The van der Waals surface area contributed by atoms with Crippen molar-refractivity contribution in [2.75, 3.05) is 0 Å². The largest absolute Gasteiger partial charge is 0.269 e. The number of unbranched alkanes of at least 4 members (excludes halogenated alkanes) is 2. The molecule has 0 amide bonds. The van der Waals surface area contributed by atoms with E-state index in [2.05, 4.69) is 17.6 Å². The van der Waals surface area contributed by atoms with E-state index in [-0.39, 0.29) is 15.5 Å². The zero-order chi connectivity index (χ0) is 25.3. The van der Waals surface area contributed by atoms with Crippen LogP contribution in [-0.4, -0.2) is 13.3 Å². The molecule has 0 aliphatic rings. The van der Waals surface area contributed by atoms with E-state index in [1.165, 1.54) is 12.1 Å². The molecule has 0 aromatic heterocycles. The zero-order valence-corrected chi connectivity index (χ0v) is 20.6. The van der Waals surface area contributed by atoms with Gasteiger partial charge in [-0.25, -0.2) is 8.42 Å². The third-order valence-corrected chi connectivity index (χ3v) is 7.30. The van der Waals surface area contributed by atoms with Crippen LogP contribution in [0.3, 0.4) is 0 Å². The topological polar surface area (TPSA) is 77.3 Å². The van der Waals surface area contributed by atoms with Crippen LogP contribution in [0.2, 0.25) is 0 Å². The van der Waals surface area contributed by atoms with Crippen molar-refractivity contribution in [2.24, 2.45) is 0 Å². The SMILES string of the molecule is CC(=C=C(CCCCC#Cc1ccccc1)S(=O)(=O)c1ccc(C)cc1)c1ccc([N+](=O)[O-])cc1. The summed E-state index contributed by atoms with van der Waals surface area (Å²) in [6.45, 7) is 3.67. The fraction of sp³-hybridized carbons (Fsp3) is 0.207. The van der Waals surface area contributed by atoms with Crippen molar-refractivity contribution in [3.8, 4) is 11.8 Å². The summed E-state index contributed by atoms with van der Waals surface area (Å²) in [5.74, 6) is 6.26. The van der Waals surface area contributed by atoms with Crippen LogP contribution in [-0.2, 0) is 9.84 Å². The molecule has 0 N–H and O–H groups in total. The average Bonchev–Trinajstić information content (AvgIpc) is 2.86. The second-order valence-electron chi connectivity index (χ2n) is 8.17. The number of hydrogen-bond acceptors (Lipinski definition) is 4. The van der Waals surface area contributed by atoms with Gasteiger partial charge in [0.2, 0.25) is 9.84 Å². The molecule has 0 unspecified atom stereocenters. The Balaban J connectivity index is 1.85. The Morgan fingerprint density at radius 3 is 2.20 bits per heavy atom. The van der Waals surface area contributed by atoms with Crippen molar-refractivity contribution in [3.63, 3.8) is 0 Å². The lowest BCUT2D eigenvalue weighted by atomic mass is 10.1. The van der Waals surface area contributed by atoms with Crippen LogP contribution < -0.4 is 0 Å². The van der Waals surface area contributed by atoms with E-state index in [1.54, 1.807) is 43.3 Å². The second-order valence-corrected chi connectivity index (χ2v) is 10.1. The molecule has 0 saturated carbocycles. The van der Waals surface area contributed by atoms with Gasteiger partial charge in [-0.2, -0.15) is 0 Å². The van der Waals surface area contributed by atoms with Crippen molar-refractivity contribution in [1.82, 2.24) is 0 Å². The predicted octanol–water partition coefficient (Wildman–Crippen LogP) is 6.88. The van der Waals surface area contributed by atoms with E-state index in [0.717, 1.165) is 17.5 Å². The van der Waals surface area contributed by atoms with Gasteiger partial charge in [-0.3, -0.25) is 10.1 Å². The van der Waals surface area contributed by atoms with Gasteiger partial charge in [0.05, 0.1) is 14.7 Å². The van der Waals surface area contributed by atoms with Crippen LogP contribution in [0.5, 0.6) is 0 Å². The van der Waals surface area contributed by atoms with Gasteiger partial charge in [-0.1, -0.05) is 47.7 Å². The Morgan fingerprint density at radius 1 is 0.914 bits per heavy atom. The van der Waals surface area contributed by atoms with Crippen LogP contribution in [0.25, 0.3) is 5.57 Å². The normalized spacial score (nSPS) is 10.6. The van der Waals surface area contributed by atoms with Gasteiger partial charge in [-0.15, -0.1) is 5.73 Å². The summed E-state index contributed by atoms with van der Waals surface area (Å²) in [5, 5.41) is 10.9. The maximum atomic E-state index is 13.4. The third-order valence-electron chi connectivity index (χ3n) is 5.46. The number of nitro benzene ring substituents is 1. The molecule has 0 bridgehead atoms. The van der Waals surface area contributed by atoms with Gasteiger partial charge in [0, 0.05) is 24.1 Å². The van der Waals surface area contributed by atoms with Crippen molar-refractivity contribution < 1.29 is 13.3 Å².